The van der Waals surface area contributed by atoms with E-state index >= 15 is 0 Å². The van der Waals surface area contributed by atoms with Crippen LogP contribution in [-0.2, 0) is 11.3 Å². The van der Waals surface area contributed by atoms with Gasteiger partial charge in [0.2, 0.25) is 5.91 Å². The van der Waals surface area contributed by atoms with Crippen molar-refractivity contribution in [1.82, 2.24) is 5.32 Å². The van der Waals surface area contributed by atoms with Crippen molar-refractivity contribution in [2.24, 2.45) is 11.7 Å². The van der Waals surface area contributed by atoms with Gasteiger partial charge in [0.05, 0.1) is 0 Å². The third-order valence-corrected chi connectivity index (χ3v) is 2.76. The van der Waals surface area contributed by atoms with Crippen LogP contribution in [0.4, 0.5) is 4.39 Å². The second-order valence-electron chi connectivity index (χ2n) is 4.40. The summed E-state index contributed by atoms with van der Waals surface area (Å²) in [6.07, 6.45) is 0. The molecule has 94 valence electrons. The Kier molecular flexibility index (Phi) is 4.63. The zero-order valence-electron chi connectivity index (χ0n) is 10.5. The number of rotatable bonds is 4. The summed E-state index contributed by atoms with van der Waals surface area (Å²) in [6.45, 7) is 5.95. The molecule has 0 aliphatic rings. The van der Waals surface area contributed by atoms with Crippen molar-refractivity contribution in [2.45, 2.75) is 27.3 Å². The number of nitrogens with two attached hydrogens (primary N) is 1. The molecule has 1 rings (SSSR count). The van der Waals surface area contributed by atoms with Gasteiger partial charge in [-0.3, -0.25) is 4.79 Å². The summed E-state index contributed by atoms with van der Waals surface area (Å²) < 4.78 is 13.4. The molecule has 0 bridgehead atoms. The Bertz CT molecular complexity index is 395. The fraction of sp³-hybridized carbons (Fsp3) is 0.462. The molecule has 0 saturated carbocycles. The molecule has 3 nitrogen and oxygen atoms in total. The van der Waals surface area contributed by atoms with Crippen LogP contribution >= 0.6 is 0 Å². The number of carbonyl (C=O) groups is 1. The van der Waals surface area contributed by atoms with Gasteiger partial charge in [0.25, 0.3) is 0 Å². The van der Waals surface area contributed by atoms with Gasteiger partial charge in [0.1, 0.15) is 5.82 Å². The molecule has 1 aromatic carbocycles. The van der Waals surface area contributed by atoms with Crippen LogP contribution in [0.1, 0.15) is 23.6 Å². The largest absolute Gasteiger partial charge is 0.352 e. The second kappa shape index (κ2) is 5.77. The van der Waals surface area contributed by atoms with E-state index in [1.807, 2.05) is 0 Å². The summed E-state index contributed by atoms with van der Waals surface area (Å²) in [5.74, 6) is -0.458. The molecule has 0 aromatic heterocycles. The van der Waals surface area contributed by atoms with Crippen molar-refractivity contribution in [3.8, 4) is 0 Å². The number of carbonyl (C=O) groups excluding carboxylic acids is 1. The van der Waals surface area contributed by atoms with Gasteiger partial charge >= 0.3 is 0 Å². The lowest BCUT2D eigenvalue weighted by Crippen LogP contribution is -2.32. The first kappa shape index (κ1) is 13.6. The molecule has 1 unspecified atom stereocenters. The van der Waals surface area contributed by atoms with Gasteiger partial charge in [-0.15, -0.1) is 0 Å². The maximum Gasteiger partial charge on any atom is 0.224 e. The van der Waals surface area contributed by atoms with Gasteiger partial charge in [-0.1, -0.05) is 19.1 Å². The summed E-state index contributed by atoms with van der Waals surface area (Å²) in [5.41, 5.74) is 7.50. The van der Waals surface area contributed by atoms with Crippen LogP contribution in [0.15, 0.2) is 12.1 Å². The van der Waals surface area contributed by atoms with E-state index < -0.39 is 0 Å². The Morgan fingerprint density at radius 1 is 1.41 bits per heavy atom. The van der Waals surface area contributed by atoms with Crippen LogP contribution in [0.2, 0.25) is 0 Å². The van der Waals surface area contributed by atoms with Gasteiger partial charge in [0.15, 0.2) is 0 Å². The fourth-order valence-electron chi connectivity index (χ4n) is 1.61. The van der Waals surface area contributed by atoms with Crippen LogP contribution < -0.4 is 11.1 Å². The molecule has 0 heterocycles. The summed E-state index contributed by atoms with van der Waals surface area (Å²) in [5, 5.41) is 2.78. The molecule has 1 aromatic rings. The van der Waals surface area contributed by atoms with Gasteiger partial charge in [-0.05, 0) is 30.5 Å². The summed E-state index contributed by atoms with van der Waals surface area (Å²) in [7, 11) is 0. The summed E-state index contributed by atoms with van der Waals surface area (Å²) >= 11 is 0. The van der Waals surface area contributed by atoms with Gasteiger partial charge in [-0.25, -0.2) is 4.39 Å². The van der Waals surface area contributed by atoms with Crippen LogP contribution in [0.25, 0.3) is 0 Å². The van der Waals surface area contributed by atoms with E-state index in [-0.39, 0.29) is 17.6 Å². The Morgan fingerprint density at radius 3 is 2.41 bits per heavy atom. The fourth-order valence-corrected chi connectivity index (χ4v) is 1.61. The first-order valence-corrected chi connectivity index (χ1v) is 5.69. The van der Waals surface area contributed by atoms with Crippen molar-refractivity contribution >= 4 is 5.91 Å². The van der Waals surface area contributed by atoms with E-state index in [4.69, 9.17) is 5.73 Å². The van der Waals surface area contributed by atoms with E-state index in [2.05, 4.69) is 5.32 Å². The van der Waals surface area contributed by atoms with Gasteiger partial charge in [-0.2, -0.15) is 0 Å². The number of hydrogen-bond donors (Lipinski definition) is 2. The first-order chi connectivity index (χ1) is 7.95. The van der Waals surface area contributed by atoms with E-state index in [9.17, 15) is 9.18 Å². The SMILES string of the molecule is Cc1cc(CNC(=O)C(C)CN)cc(C)c1F. The molecule has 0 saturated heterocycles. The second-order valence-corrected chi connectivity index (χ2v) is 4.40. The zero-order valence-corrected chi connectivity index (χ0v) is 10.5. The number of benzene rings is 1. The van der Waals surface area contributed by atoms with E-state index in [0.29, 0.717) is 24.2 Å². The van der Waals surface area contributed by atoms with Crippen LogP contribution in [0, 0.1) is 25.6 Å². The average Bonchev–Trinajstić information content (AvgIpc) is 2.31. The van der Waals surface area contributed by atoms with E-state index in [1.165, 1.54) is 0 Å². The third kappa shape index (κ3) is 3.53. The molecule has 4 heteroatoms. The number of hydrogen-bond acceptors (Lipinski definition) is 2. The molecule has 0 spiro atoms. The Hall–Kier alpha value is -1.42. The lowest BCUT2D eigenvalue weighted by atomic mass is 10.1. The lowest BCUT2D eigenvalue weighted by Gasteiger charge is -2.11. The molecule has 1 atom stereocenters. The van der Waals surface area contributed by atoms with Crippen LogP contribution in [0.5, 0.6) is 0 Å². The monoisotopic (exact) mass is 238 g/mol. The smallest absolute Gasteiger partial charge is 0.224 e. The quantitative estimate of drug-likeness (QED) is 0.838. The topological polar surface area (TPSA) is 55.1 Å². The minimum Gasteiger partial charge on any atom is -0.352 e. The summed E-state index contributed by atoms with van der Waals surface area (Å²) in [6, 6.07) is 3.49. The van der Waals surface area contributed by atoms with Crippen molar-refractivity contribution in [3.05, 3.63) is 34.6 Å². The predicted octanol–water partition coefficient (Wildman–Crippen LogP) is 1.65. The first-order valence-electron chi connectivity index (χ1n) is 5.69. The highest BCUT2D eigenvalue weighted by Crippen LogP contribution is 2.14. The third-order valence-electron chi connectivity index (χ3n) is 2.76. The minimum absolute atomic E-state index is 0.0767. The predicted molar refractivity (Wildman–Crippen MR) is 65.9 cm³/mol. The van der Waals surface area contributed by atoms with Crippen molar-refractivity contribution < 1.29 is 9.18 Å². The molecule has 0 aliphatic heterocycles. The molecule has 0 aliphatic carbocycles. The number of halogens is 1. The number of amides is 1. The highest BCUT2D eigenvalue weighted by atomic mass is 19.1. The maximum absolute atomic E-state index is 13.4. The van der Waals surface area contributed by atoms with E-state index in [1.54, 1.807) is 32.9 Å². The van der Waals surface area contributed by atoms with Crippen molar-refractivity contribution in [3.63, 3.8) is 0 Å². The summed E-state index contributed by atoms with van der Waals surface area (Å²) in [4.78, 5) is 11.5. The van der Waals surface area contributed by atoms with Crippen molar-refractivity contribution in [1.29, 1.82) is 0 Å². The molecule has 3 N–H and O–H groups in total. The standard InChI is InChI=1S/C13H19FN2O/c1-8-4-11(5-9(2)12(8)14)7-16-13(17)10(3)6-15/h4-5,10H,6-7,15H2,1-3H3,(H,16,17). The highest BCUT2D eigenvalue weighted by Gasteiger charge is 2.10. The molecular formula is C13H19FN2O. The molecule has 17 heavy (non-hydrogen) atoms. The van der Waals surface area contributed by atoms with E-state index in [0.717, 1.165) is 5.56 Å². The van der Waals surface area contributed by atoms with Crippen LogP contribution in [-0.4, -0.2) is 12.5 Å². The Morgan fingerprint density at radius 2 is 1.94 bits per heavy atom. The highest BCUT2D eigenvalue weighted by molar-refractivity contribution is 5.78. The lowest BCUT2D eigenvalue weighted by molar-refractivity contribution is -0.124. The average molecular weight is 238 g/mol. The maximum atomic E-state index is 13.4. The Labute approximate surface area is 101 Å². The van der Waals surface area contributed by atoms with Gasteiger partial charge in [0, 0.05) is 19.0 Å². The van der Waals surface area contributed by atoms with Gasteiger partial charge < -0.3 is 11.1 Å². The molecule has 0 fully saturated rings. The molecule has 0 radical (unpaired) electrons. The normalized spacial score (nSPS) is 12.3. The van der Waals surface area contributed by atoms with Crippen LogP contribution in [0.3, 0.4) is 0 Å². The number of nitrogens with one attached hydrogen (secondary N) is 1. The van der Waals surface area contributed by atoms with Crippen molar-refractivity contribution in [2.75, 3.05) is 6.54 Å². The molecule has 1 amide bonds. The number of aryl methyl sites for hydroxylation is 2. The minimum atomic E-state index is -0.197. The zero-order chi connectivity index (χ0) is 13.0. The molecular weight excluding hydrogens is 219 g/mol. The Balaban J connectivity index is 2.67.